The first kappa shape index (κ1) is 32.2. The van der Waals surface area contributed by atoms with Crippen LogP contribution in [-0.2, 0) is 16.0 Å². The number of amides is 4. The van der Waals surface area contributed by atoms with Crippen LogP contribution >= 0.6 is 0 Å². The van der Waals surface area contributed by atoms with Gasteiger partial charge in [-0.2, -0.15) is 23.7 Å². The molecule has 0 saturated heterocycles. The largest absolute Gasteiger partial charge is 0.443 e. The number of alkyl halides is 3. The highest BCUT2D eigenvalue weighted by Gasteiger charge is 2.61. The summed E-state index contributed by atoms with van der Waals surface area (Å²) in [6.45, 7) is -1.69. The molecule has 0 aliphatic carbocycles. The summed E-state index contributed by atoms with van der Waals surface area (Å²) in [5.74, 6) is 5.88. The Labute approximate surface area is 239 Å². The van der Waals surface area contributed by atoms with Gasteiger partial charge in [-0.15, -0.1) is 4.48 Å². The number of aliphatic hydroxyl groups excluding tert-OH is 2. The lowest BCUT2D eigenvalue weighted by atomic mass is 9.90. The van der Waals surface area contributed by atoms with Crippen molar-refractivity contribution in [3.63, 3.8) is 0 Å². The number of carbonyl (C=O) groups is 2. The highest BCUT2D eigenvalue weighted by atomic mass is 32.2. The van der Waals surface area contributed by atoms with E-state index in [2.05, 4.69) is 0 Å². The molecule has 2 atom stereocenters. The number of urea groups is 2. The van der Waals surface area contributed by atoms with Gasteiger partial charge in [0.05, 0.1) is 47.5 Å². The fraction of sp³-hybridized carbons (Fsp3) is 0.308. The van der Waals surface area contributed by atoms with E-state index in [4.69, 9.17) is 5.84 Å². The molecule has 2 aromatic rings. The molecule has 12 nitrogen and oxygen atoms in total. The third-order valence-electron chi connectivity index (χ3n) is 6.74. The van der Waals surface area contributed by atoms with Crippen molar-refractivity contribution < 1.29 is 45.9 Å². The number of aliphatic hydroxyl groups is 2. The average Bonchev–Trinajstić information content (AvgIpc) is 2.93. The van der Waals surface area contributed by atoms with Gasteiger partial charge < -0.3 is 10.2 Å². The molecule has 42 heavy (non-hydrogen) atoms. The van der Waals surface area contributed by atoms with E-state index in [1.165, 1.54) is 13.0 Å². The molecule has 0 aromatic heterocycles. The van der Waals surface area contributed by atoms with Gasteiger partial charge >= 0.3 is 18.2 Å². The number of nitrogens with two attached hydrogens (primary N) is 1. The van der Waals surface area contributed by atoms with Gasteiger partial charge in [-0.3, -0.25) is 0 Å². The SMILES string of the molecule is CC1=C(C#N)[C@@H](c2ccc(C#N)cc2S(C)(=O)=O)[N+](CCO)(C(=O)N(N)CCO)C(=O)N1c1cccc(C(F)(F)F)c1. The second-order valence-corrected chi connectivity index (χ2v) is 11.3. The standard InChI is InChI=1S/C26H26F3N6O6S/c1-16-21(15-31)23(20-7-6-17(14-30)12-22(20)42(2,40)41)35(9-11-37,24(38)33(32)8-10-36)25(39)34(16)19-5-3-4-18(13-19)26(27,28)29/h3-7,12-13,23,36-37H,8-11,32H2,1-2H3/q+1/t23-,35?/m1/s1. The number of carbonyl (C=O) groups excluding carboxylic acids is 2. The van der Waals surface area contributed by atoms with E-state index in [9.17, 15) is 51.9 Å². The number of allylic oxidation sites excluding steroid dienone is 1. The van der Waals surface area contributed by atoms with Gasteiger partial charge in [0, 0.05) is 17.5 Å². The molecule has 4 amide bonds. The third-order valence-corrected chi connectivity index (χ3v) is 7.89. The Balaban J connectivity index is 2.55. The lowest BCUT2D eigenvalue weighted by Crippen LogP contribution is -2.71. The predicted molar refractivity (Wildman–Crippen MR) is 140 cm³/mol. The number of sulfone groups is 1. The normalized spacial score (nSPS) is 19.3. The average molecular weight is 608 g/mol. The molecule has 1 aliphatic rings. The second-order valence-electron chi connectivity index (χ2n) is 9.33. The van der Waals surface area contributed by atoms with Crippen LogP contribution in [0.3, 0.4) is 0 Å². The zero-order chi connectivity index (χ0) is 31.6. The van der Waals surface area contributed by atoms with Crippen LogP contribution in [0.2, 0.25) is 0 Å². The number of anilines is 1. The molecule has 0 bridgehead atoms. The van der Waals surface area contributed by atoms with E-state index in [-0.39, 0.29) is 22.5 Å². The van der Waals surface area contributed by atoms with Gasteiger partial charge in [-0.05, 0) is 37.3 Å². The highest BCUT2D eigenvalue weighted by molar-refractivity contribution is 7.90. The minimum atomic E-state index is -4.82. The first-order chi connectivity index (χ1) is 19.6. The van der Waals surface area contributed by atoms with Crippen molar-refractivity contribution in [3.05, 3.63) is 70.4 Å². The van der Waals surface area contributed by atoms with E-state index in [0.29, 0.717) is 16.0 Å². The van der Waals surface area contributed by atoms with Crippen molar-refractivity contribution >= 4 is 27.6 Å². The van der Waals surface area contributed by atoms with Crippen LogP contribution < -0.4 is 10.7 Å². The van der Waals surface area contributed by atoms with Crippen LogP contribution in [0.15, 0.2) is 58.6 Å². The Morgan fingerprint density at radius 2 is 1.81 bits per heavy atom. The minimum absolute atomic E-state index is 0.0987. The second kappa shape index (κ2) is 11.9. The lowest BCUT2D eigenvalue weighted by Gasteiger charge is -2.46. The summed E-state index contributed by atoms with van der Waals surface area (Å²) in [5.41, 5.74) is -2.51. The molecule has 1 heterocycles. The summed E-state index contributed by atoms with van der Waals surface area (Å²) in [6.07, 6.45) is -4.01. The van der Waals surface area contributed by atoms with E-state index in [1.54, 1.807) is 6.07 Å². The zero-order valence-electron chi connectivity index (χ0n) is 22.3. The molecule has 0 spiro atoms. The number of halogens is 3. The third kappa shape index (κ3) is 5.58. The summed E-state index contributed by atoms with van der Waals surface area (Å²) in [5, 5.41) is 39.7. The minimum Gasteiger partial charge on any atom is -0.394 e. The Morgan fingerprint density at radius 1 is 1.14 bits per heavy atom. The van der Waals surface area contributed by atoms with Crippen molar-refractivity contribution in [2.45, 2.75) is 24.0 Å². The van der Waals surface area contributed by atoms with Gasteiger partial charge in [0.25, 0.3) is 0 Å². The van der Waals surface area contributed by atoms with Crippen LogP contribution in [0.1, 0.15) is 29.7 Å². The smallest absolute Gasteiger partial charge is 0.394 e. The van der Waals surface area contributed by atoms with Gasteiger partial charge in [0.2, 0.25) is 0 Å². The Kier molecular flexibility index (Phi) is 9.11. The lowest BCUT2D eigenvalue weighted by molar-refractivity contribution is -0.801. The number of hydrazine groups is 1. The van der Waals surface area contributed by atoms with Crippen LogP contribution in [0.5, 0.6) is 0 Å². The molecule has 1 unspecified atom stereocenters. The molecule has 2 aromatic carbocycles. The molecule has 0 radical (unpaired) electrons. The predicted octanol–water partition coefficient (Wildman–Crippen LogP) is 2.56. The molecule has 1 aliphatic heterocycles. The number of quaternary nitrogens is 1. The molecule has 4 N–H and O–H groups in total. The molecule has 16 heteroatoms. The summed E-state index contributed by atoms with van der Waals surface area (Å²) in [7, 11) is -4.19. The highest BCUT2D eigenvalue weighted by Crippen LogP contribution is 2.47. The number of rotatable bonds is 7. The monoisotopic (exact) mass is 607 g/mol. The molecule has 0 fully saturated rings. The van der Waals surface area contributed by atoms with Crippen molar-refractivity contribution in [3.8, 4) is 12.1 Å². The fourth-order valence-electron chi connectivity index (χ4n) is 4.89. The van der Waals surface area contributed by atoms with Crippen molar-refractivity contribution in [2.24, 2.45) is 5.84 Å². The molecule has 222 valence electrons. The maximum atomic E-state index is 14.5. The fourth-order valence-corrected chi connectivity index (χ4v) is 5.83. The number of hydrogen-bond acceptors (Lipinski definition) is 9. The van der Waals surface area contributed by atoms with Crippen LogP contribution in [0.25, 0.3) is 0 Å². The van der Waals surface area contributed by atoms with Gasteiger partial charge in [-0.25, -0.2) is 33.8 Å². The molecular weight excluding hydrogens is 581 g/mol. The first-order valence-corrected chi connectivity index (χ1v) is 14.0. The van der Waals surface area contributed by atoms with Crippen molar-refractivity contribution in [2.75, 3.05) is 37.5 Å². The number of benzene rings is 2. The maximum absolute atomic E-state index is 14.5. The summed E-state index contributed by atoms with van der Waals surface area (Å²) in [4.78, 5) is 28.7. The van der Waals surface area contributed by atoms with Crippen molar-refractivity contribution in [1.29, 1.82) is 10.5 Å². The quantitative estimate of drug-likeness (QED) is 0.184. The van der Waals surface area contributed by atoms with Gasteiger partial charge in [0.1, 0.15) is 18.2 Å². The van der Waals surface area contributed by atoms with E-state index in [0.717, 1.165) is 36.6 Å². The van der Waals surface area contributed by atoms with E-state index < -0.39 is 80.9 Å². The van der Waals surface area contributed by atoms with Crippen LogP contribution in [0, 0.1) is 22.7 Å². The van der Waals surface area contributed by atoms with Crippen LogP contribution in [0.4, 0.5) is 28.4 Å². The molecule has 3 rings (SSSR count). The van der Waals surface area contributed by atoms with Gasteiger partial charge in [-0.1, -0.05) is 12.1 Å². The number of hydrogen-bond donors (Lipinski definition) is 3. The topological polar surface area (TPSA) is 189 Å². The number of imide groups is 1. The van der Waals surface area contributed by atoms with Gasteiger partial charge in [0.15, 0.2) is 15.9 Å². The van der Waals surface area contributed by atoms with Crippen LogP contribution in [-0.4, -0.2) is 72.7 Å². The zero-order valence-corrected chi connectivity index (χ0v) is 23.1. The summed E-state index contributed by atoms with van der Waals surface area (Å²) >= 11 is 0. The molecular formula is C26H26F3N6O6S+. The van der Waals surface area contributed by atoms with E-state index >= 15 is 0 Å². The van der Waals surface area contributed by atoms with Crippen molar-refractivity contribution in [1.82, 2.24) is 5.01 Å². The first-order valence-electron chi connectivity index (χ1n) is 12.1. The molecule has 0 saturated carbocycles. The van der Waals surface area contributed by atoms with E-state index in [1.807, 2.05) is 6.07 Å². The Bertz CT molecular complexity index is 1650. The summed E-state index contributed by atoms with van der Waals surface area (Å²) in [6, 6.07) is 6.18. The Morgan fingerprint density at radius 3 is 2.33 bits per heavy atom. The maximum Gasteiger partial charge on any atom is 0.443 e. The number of nitrogens with zero attached hydrogens (tertiary/aromatic N) is 5. The summed E-state index contributed by atoms with van der Waals surface area (Å²) < 4.78 is 64.9. The number of nitriles is 2. The Hall–Kier alpha value is -4.32.